The Hall–Kier alpha value is -1.46. The second kappa shape index (κ2) is 5.73. The van der Waals surface area contributed by atoms with E-state index in [4.69, 9.17) is 5.73 Å². The predicted octanol–water partition coefficient (Wildman–Crippen LogP) is 2.87. The van der Waals surface area contributed by atoms with Crippen LogP contribution in [0, 0.1) is 6.92 Å². The third-order valence-corrected chi connectivity index (χ3v) is 4.45. The quantitative estimate of drug-likeness (QED) is 0.862. The van der Waals surface area contributed by atoms with E-state index in [1.54, 1.807) is 0 Å². The maximum Gasteiger partial charge on any atom is 0.254 e. The van der Waals surface area contributed by atoms with Crippen molar-refractivity contribution in [2.75, 3.05) is 13.1 Å². The molecule has 0 radical (unpaired) electrons. The molecule has 0 aliphatic carbocycles. The first-order chi connectivity index (χ1) is 10.0. The van der Waals surface area contributed by atoms with Crippen LogP contribution in [0.15, 0.2) is 28.7 Å². The van der Waals surface area contributed by atoms with Crippen LogP contribution in [0.3, 0.4) is 0 Å². The van der Waals surface area contributed by atoms with E-state index in [-0.39, 0.29) is 11.9 Å². The third kappa shape index (κ3) is 2.94. The molecule has 5 heteroatoms. The zero-order valence-corrected chi connectivity index (χ0v) is 13.6. The van der Waals surface area contributed by atoms with Gasteiger partial charge in [0.2, 0.25) is 0 Å². The van der Waals surface area contributed by atoms with Crippen molar-refractivity contribution in [3.63, 3.8) is 0 Å². The largest absolute Gasteiger partial charge is 0.339 e. The lowest BCUT2D eigenvalue weighted by atomic mass is 10.0. The Kier molecular flexibility index (Phi) is 3.95. The van der Waals surface area contributed by atoms with E-state index in [0.717, 1.165) is 52.6 Å². The van der Waals surface area contributed by atoms with Gasteiger partial charge in [0.15, 0.2) is 0 Å². The first-order valence-corrected chi connectivity index (χ1v) is 7.95. The van der Waals surface area contributed by atoms with Crippen LogP contribution in [0.2, 0.25) is 0 Å². The molecule has 1 aliphatic rings. The highest BCUT2D eigenvalue weighted by atomic mass is 79.9. The molecular weight excluding hydrogens is 330 g/mol. The molecule has 2 heterocycles. The van der Waals surface area contributed by atoms with Gasteiger partial charge in [0.1, 0.15) is 0 Å². The summed E-state index contributed by atoms with van der Waals surface area (Å²) in [6.45, 7) is 3.39. The Morgan fingerprint density at radius 2 is 2.05 bits per heavy atom. The van der Waals surface area contributed by atoms with E-state index in [1.165, 1.54) is 0 Å². The summed E-state index contributed by atoms with van der Waals surface area (Å²) in [5, 5.41) is 0.898. The van der Waals surface area contributed by atoms with Gasteiger partial charge in [-0.1, -0.05) is 15.9 Å². The fraction of sp³-hybridized carbons (Fsp3) is 0.375. The molecular formula is C16H18BrN3O. The molecule has 1 aromatic carbocycles. The van der Waals surface area contributed by atoms with Gasteiger partial charge in [0, 0.05) is 34.7 Å². The highest BCUT2D eigenvalue weighted by molar-refractivity contribution is 9.10. The molecule has 1 amide bonds. The van der Waals surface area contributed by atoms with Crippen LogP contribution in [0.5, 0.6) is 0 Å². The number of aryl methyl sites for hydroxylation is 1. The summed E-state index contributed by atoms with van der Waals surface area (Å²) in [5.41, 5.74) is 8.37. The average molecular weight is 348 g/mol. The summed E-state index contributed by atoms with van der Waals surface area (Å²) in [6, 6.07) is 7.95. The van der Waals surface area contributed by atoms with E-state index in [0.29, 0.717) is 0 Å². The maximum atomic E-state index is 12.8. The number of nitrogens with zero attached hydrogens (tertiary/aromatic N) is 2. The molecule has 0 unspecified atom stereocenters. The zero-order valence-electron chi connectivity index (χ0n) is 12.0. The molecule has 0 atom stereocenters. The van der Waals surface area contributed by atoms with Gasteiger partial charge < -0.3 is 10.6 Å². The predicted molar refractivity (Wildman–Crippen MR) is 87.3 cm³/mol. The molecule has 4 nitrogen and oxygen atoms in total. The monoisotopic (exact) mass is 347 g/mol. The number of nitrogens with two attached hydrogens (primary N) is 1. The minimum Gasteiger partial charge on any atom is -0.339 e. The van der Waals surface area contributed by atoms with Crippen LogP contribution < -0.4 is 5.73 Å². The topological polar surface area (TPSA) is 59.2 Å². The van der Waals surface area contributed by atoms with Crippen molar-refractivity contribution in [3.05, 3.63) is 40.0 Å². The number of benzene rings is 1. The molecule has 0 saturated carbocycles. The van der Waals surface area contributed by atoms with Crippen molar-refractivity contribution in [1.82, 2.24) is 9.88 Å². The van der Waals surface area contributed by atoms with Crippen molar-refractivity contribution in [1.29, 1.82) is 0 Å². The van der Waals surface area contributed by atoms with E-state index < -0.39 is 0 Å². The minimum absolute atomic E-state index is 0.0792. The number of piperidine rings is 1. The maximum absolute atomic E-state index is 12.8. The van der Waals surface area contributed by atoms with E-state index >= 15 is 0 Å². The molecule has 1 saturated heterocycles. The summed E-state index contributed by atoms with van der Waals surface area (Å²) >= 11 is 3.47. The standard InChI is InChI=1S/C16H18BrN3O/c1-10-8-14(13-9-11(17)2-3-15(13)19-10)16(21)20-6-4-12(18)5-7-20/h2-3,8-9,12H,4-7,18H2,1H3. The summed E-state index contributed by atoms with van der Waals surface area (Å²) in [4.78, 5) is 19.2. The van der Waals surface area contributed by atoms with Crippen LogP contribution in [0.25, 0.3) is 10.9 Å². The van der Waals surface area contributed by atoms with Crippen LogP contribution in [0.1, 0.15) is 28.9 Å². The third-order valence-electron chi connectivity index (χ3n) is 3.96. The summed E-state index contributed by atoms with van der Waals surface area (Å²) in [7, 11) is 0. The second-order valence-electron chi connectivity index (χ2n) is 5.60. The molecule has 1 aliphatic heterocycles. The SMILES string of the molecule is Cc1cc(C(=O)N2CCC(N)CC2)c2cc(Br)ccc2n1. The van der Waals surface area contributed by atoms with E-state index in [9.17, 15) is 4.79 Å². The lowest BCUT2D eigenvalue weighted by Gasteiger charge is -2.30. The number of hydrogen-bond donors (Lipinski definition) is 1. The van der Waals surface area contributed by atoms with Gasteiger partial charge >= 0.3 is 0 Å². The second-order valence-corrected chi connectivity index (χ2v) is 6.52. The van der Waals surface area contributed by atoms with E-state index in [2.05, 4.69) is 20.9 Å². The number of fused-ring (bicyclic) bond motifs is 1. The van der Waals surface area contributed by atoms with E-state index in [1.807, 2.05) is 36.1 Å². The van der Waals surface area contributed by atoms with Gasteiger partial charge in [0.05, 0.1) is 11.1 Å². The van der Waals surface area contributed by atoms with Crippen LogP contribution in [0.4, 0.5) is 0 Å². The highest BCUT2D eigenvalue weighted by Crippen LogP contribution is 2.24. The normalized spacial score (nSPS) is 16.4. The van der Waals surface area contributed by atoms with Crippen molar-refractivity contribution >= 4 is 32.7 Å². The zero-order chi connectivity index (χ0) is 15.0. The van der Waals surface area contributed by atoms with Crippen molar-refractivity contribution in [2.24, 2.45) is 5.73 Å². The number of amides is 1. The number of pyridine rings is 1. The first kappa shape index (κ1) is 14.5. The molecule has 0 spiro atoms. The van der Waals surface area contributed by atoms with Crippen LogP contribution in [-0.4, -0.2) is 34.9 Å². The molecule has 2 aromatic rings. The molecule has 2 N–H and O–H groups in total. The molecule has 21 heavy (non-hydrogen) atoms. The van der Waals surface area contributed by atoms with Gasteiger partial charge in [-0.2, -0.15) is 0 Å². The lowest BCUT2D eigenvalue weighted by molar-refractivity contribution is 0.0716. The van der Waals surface area contributed by atoms with Crippen molar-refractivity contribution in [2.45, 2.75) is 25.8 Å². The Labute approximate surface area is 132 Å². The summed E-state index contributed by atoms with van der Waals surface area (Å²) in [6.07, 6.45) is 1.74. The number of halogens is 1. The molecule has 110 valence electrons. The minimum atomic E-state index is 0.0792. The van der Waals surface area contributed by atoms with Gasteiger partial charge in [-0.3, -0.25) is 9.78 Å². The Balaban J connectivity index is 2.02. The summed E-state index contributed by atoms with van der Waals surface area (Å²) in [5.74, 6) is 0.0792. The van der Waals surface area contributed by atoms with Gasteiger partial charge in [-0.25, -0.2) is 0 Å². The smallest absolute Gasteiger partial charge is 0.254 e. The number of carbonyl (C=O) groups excluding carboxylic acids is 1. The lowest BCUT2D eigenvalue weighted by Crippen LogP contribution is -2.42. The van der Waals surface area contributed by atoms with Crippen molar-refractivity contribution in [3.8, 4) is 0 Å². The van der Waals surface area contributed by atoms with Crippen molar-refractivity contribution < 1.29 is 4.79 Å². The fourth-order valence-corrected chi connectivity index (χ4v) is 3.14. The van der Waals surface area contributed by atoms with Gasteiger partial charge in [0.25, 0.3) is 5.91 Å². The molecule has 3 rings (SSSR count). The average Bonchev–Trinajstić information content (AvgIpc) is 2.47. The number of likely N-dealkylation sites (tertiary alicyclic amines) is 1. The Morgan fingerprint density at radius 3 is 2.76 bits per heavy atom. The van der Waals surface area contributed by atoms with Gasteiger partial charge in [-0.05, 0) is 44.0 Å². The number of aromatic nitrogens is 1. The Bertz CT molecular complexity index is 693. The van der Waals surface area contributed by atoms with Crippen LogP contribution in [-0.2, 0) is 0 Å². The summed E-state index contributed by atoms with van der Waals surface area (Å²) < 4.78 is 0.954. The van der Waals surface area contributed by atoms with Gasteiger partial charge in [-0.15, -0.1) is 0 Å². The first-order valence-electron chi connectivity index (χ1n) is 7.16. The number of carbonyl (C=O) groups is 1. The molecule has 0 bridgehead atoms. The molecule has 1 aromatic heterocycles. The fourth-order valence-electron chi connectivity index (χ4n) is 2.78. The highest BCUT2D eigenvalue weighted by Gasteiger charge is 2.23. The molecule has 1 fully saturated rings. The number of rotatable bonds is 1. The number of hydrogen-bond acceptors (Lipinski definition) is 3. The Morgan fingerprint density at radius 1 is 1.33 bits per heavy atom. The van der Waals surface area contributed by atoms with Crippen LogP contribution >= 0.6 is 15.9 Å².